The van der Waals surface area contributed by atoms with Crippen molar-refractivity contribution in [3.63, 3.8) is 0 Å². The minimum absolute atomic E-state index is 0.0471. The number of pyridine rings is 1. The van der Waals surface area contributed by atoms with Crippen LogP contribution in [0.1, 0.15) is 22.8 Å². The van der Waals surface area contributed by atoms with E-state index in [-0.39, 0.29) is 46.0 Å². The van der Waals surface area contributed by atoms with Crippen LogP contribution in [0, 0.1) is 0 Å². The topological polar surface area (TPSA) is 107 Å². The summed E-state index contributed by atoms with van der Waals surface area (Å²) >= 11 is 6.27. The maximum atomic E-state index is 13.4. The number of hydrogen-bond acceptors (Lipinski definition) is 6. The molecule has 0 radical (unpaired) electrons. The maximum Gasteiger partial charge on any atom is 0.586 e. The van der Waals surface area contributed by atoms with Gasteiger partial charge in [-0.2, -0.15) is 0 Å². The zero-order chi connectivity index (χ0) is 24.3. The predicted octanol–water partition coefficient (Wildman–Crippen LogP) is 4.71. The van der Waals surface area contributed by atoms with Gasteiger partial charge in [-0.05, 0) is 37.3 Å². The number of hydrogen-bond donors (Lipinski definition) is 2. The number of benzene rings is 2. The van der Waals surface area contributed by atoms with E-state index in [0.717, 1.165) is 0 Å². The molecule has 174 valence electrons. The molecule has 2 aromatic carbocycles. The summed E-state index contributed by atoms with van der Waals surface area (Å²) in [5.41, 5.74) is -0.0949. The van der Waals surface area contributed by atoms with Gasteiger partial charge in [0.15, 0.2) is 11.5 Å². The van der Waals surface area contributed by atoms with Gasteiger partial charge >= 0.3 is 12.3 Å². The summed E-state index contributed by atoms with van der Waals surface area (Å²) in [7, 11) is 0. The molecule has 2 aliphatic heterocycles. The Kier molecular flexibility index (Phi) is 4.87. The van der Waals surface area contributed by atoms with Gasteiger partial charge in [-0.3, -0.25) is 4.79 Å². The maximum absolute atomic E-state index is 13.4. The Morgan fingerprint density at radius 1 is 1.09 bits per heavy atom. The average Bonchev–Trinajstić information content (AvgIpc) is 3.28. The lowest BCUT2D eigenvalue weighted by Gasteiger charge is -2.22. The number of carbonyl (C=O) groups excluding carboxylic acids is 1. The lowest BCUT2D eigenvalue weighted by Crippen LogP contribution is -2.39. The first-order chi connectivity index (χ1) is 16.1. The molecule has 34 heavy (non-hydrogen) atoms. The number of alkyl halides is 2. The fraction of sp³-hybridized carbons (Fsp3) is 0.174. The van der Waals surface area contributed by atoms with Crippen LogP contribution in [-0.2, 0) is 10.2 Å². The molecule has 3 aromatic rings. The molecule has 0 unspecified atom stereocenters. The molecule has 2 aliphatic rings. The van der Waals surface area contributed by atoms with E-state index >= 15 is 0 Å². The highest BCUT2D eigenvalue weighted by Crippen LogP contribution is 2.50. The molecule has 3 heterocycles. The highest BCUT2D eigenvalue weighted by molar-refractivity contribution is 6.33. The van der Waals surface area contributed by atoms with Crippen LogP contribution in [0.4, 0.5) is 14.6 Å². The first kappa shape index (κ1) is 21.9. The second kappa shape index (κ2) is 7.56. The van der Waals surface area contributed by atoms with Gasteiger partial charge in [-0.25, -0.2) is 9.78 Å². The number of ether oxygens (including phenoxy) is 3. The summed E-state index contributed by atoms with van der Waals surface area (Å²) in [5, 5.41) is 12.2. The molecule has 0 spiro atoms. The van der Waals surface area contributed by atoms with E-state index in [4.69, 9.17) is 16.3 Å². The normalized spacial score (nSPS) is 19.3. The minimum atomic E-state index is -3.79. The fourth-order valence-corrected chi connectivity index (χ4v) is 4.00. The van der Waals surface area contributed by atoms with Crippen LogP contribution in [-0.4, -0.2) is 34.9 Å². The highest BCUT2D eigenvalue weighted by atomic mass is 35.5. The third kappa shape index (κ3) is 3.65. The predicted molar refractivity (Wildman–Crippen MR) is 116 cm³/mol. The number of carboxylic acid groups (broad SMARTS) is 1. The first-order valence-electron chi connectivity index (χ1n) is 9.95. The number of amides is 1. The molecule has 0 bridgehead atoms. The molecule has 1 aromatic heterocycles. The van der Waals surface area contributed by atoms with Crippen molar-refractivity contribution < 1.29 is 37.7 Å². The molecule has 2 N–H and O–H groups in total. The summed E-state index contributed by atoms with van der Waals surface area (Å²) in [6.45, 7) is 1.55. The molecule has 1 amide bonds. The summed E-state index contributed by atoms with van der Waals surface area (Å²) < 4.78 is 41.4. The van der Waals surface area contributed by atoms with Crippen LogP contribution in [0.25, 0.3) is 11.3 Å². The number of carboxylic acids is 1. The number of anilines is 1. The third-order valence-electron chi connectivity index (χ3n) is 5.59. The van der Waals surface area contributed by atoms with Gasteiger partial charge in [0.2, 0.25) is 5.91 Å². The molecule has 5 rings (SSSR count). The molecular weight excluding hydrogens is 474 g/mol. The lowest BCUT2D eigenvalue weighted by atomic mass is 9.83. The SMILES string of the molecule is C[C@]1(C(=O)Nc2ccc(Cl)c(-c3cccc(C(=O)O)c3)n2)COc2cc3c(cc21)OC(F)(F)O3. The summed E-state index contributed by atoms with van der Waals surface area (Å²) in [5.74, 6) is -1.59. The molecule has 0 aliphatic carbocycles. The lowest BCUT2D eigenvalue weighted by molar-refractivity contribution is -0.286. The minimum Gasteiger partial charge on any atom is -0.492 e. The van der Waals surface area contributed by atoms with Crippen molar-refractivity contribution in [1.82, 2.24) is 4.98 Å². The highest BCUT2D eigenvalue weighted by Gasteiger charge is 2.49. The molecule has 11 heteroatoms. The largest absolute Gasteiger partial charge is 0.586 e. The number of rotatable bonds is 4. The van der Waals surface area contributed by atoms with Crippen molar-refractivity contribution in [2.45, 2.75) is 18.6 Å². The van der Waals surface area contributed by atoms with Gasteiger partial charge in [-0.15, -0.1) is 8.78 Å². The van der Waals surface area contributed by atoms with Crippen LogP contribution in [0.3, 0.4) is 0 Å². The molecular formula is C23H15ClF2N2O6. The Morgan fingerprint density at radius 2 is 1.82 bits per heavy atom. The zero-order valence-corrected chi connectivity index (χ0v) is 18.2. The number of nitrogens with zero attached hydrogens (tertiary/aromatic N) is 1. The van der Waals surface area contributed by atoms with E-state index in [1.54, 1.807) is 19.1 Å². The number of aromatic nitrogens is 1. The fourth-order valence-electron chi connectivity index (χ4n) is 3.78. The van der Waals surface area contributed by atoms with Gasteiger partial charge in [0.1, 0.15) is 23.6 Å². The summed E-state index contributed by atoms with van der Waals surface area (Å²) in [4.78, 5) is 28.9. The standard InChI is InChI=1S/C23H15ClF2N2O6/c1-22(10-32-15-9-17-16(8-13(15)22)33-23(25,26)34-17)21(31)28-18-6-5-14(24)19(27-18)11-3-2-4-12(7-11)20(29)30/h2-9H,10H2,1H3,(H,29,30)(H,27,28,31)/t22-/m0/s1. The van der Waals surface area contributed by atoms with Gasteiger partial charge in [-0.1, -0.05) is 23.7 Å². The van der Waals surface area contributed by atoms with Crippen molar-refractivity contribution in [2.24, 2.45) is 0 Å². The Bertz CT molecular complexity index is 1370. The molecule has 0 saturated heterocycles. The number of nitrogens with one attached hydrogen (secondary N) is 1. The van der Waals surface area contributed by atoms with E-state index in [9.17, 15) is 23.5 Å². The van der Waals surface area contributed by atoms with E-state index < -0.39 is 23.6 Å². The Balaban J connectivity index is 1.44. The van der Waals surface area contributed by atoms with Crippen LogP contribution in [0.15, 0.2) is 48.5 Å². The van der Waals surface area contributed by atoms with Crippen molar-refractivity contribution >= 4 is 29.3 Å². The average molecular weight is 489 g/mol. The smallest absolute Gasteiger partial charge is 0.492 e. The number of fused-ring (bicyclic) bond motifs is 2. The molecule has 1 atom stereocenters. The Morgan fingerprint density at radius 3 is 2.56 bits per heavy atom. The van der Waals surface area contributed by atoms with Crippen LogP contribution < -0.4 is 19.5 Å². The second-order valence-electron chi connectivity index (χ2n) is 7.95. The Labute approximate surface area is 196 Å². The second-order valence-corrected chi connectivity index (χ2v) is 8.36. The first-order valence-corrected chi connectivity index (χ1v) is 10.3. The van der Waals surface area contributed by atoms with Gasteiger partial charge in [0, 0.05) is 17.2 Å². The van der Waals surface area contributed by atoms with E-state index in [2.05, 4.69) is 19.8 Å². The third-order valence-corrected chi connectivity index (χ3v) is 5.89. The Hall–Kier alpha value is -3.92. The monoisotopic (exact) mass is 488 g/mol. The number of carbonyl (C=O) groups is 2. The van der Waals surface area contributed by atoms with Crippen LogP contribution in [0.2, 0.25) is 5.02 Å². The van der Waals surface area contributed by atoms with E-state index in [1.165, 1.54) is 36.4 Å². The van der Waals surface area contributed by atoms with Crippen molar-refractivity contribution in [3.8, 4) is 28.5 Å². The van der Waals surface area contributed by atoms with Gasteiger partial charge < -0.3 is 24.6 Å². The quantitative estimate of drug-likeness (QED) is 0.547. The summed E-state index contributed by atoms with van der Waals surface area (Å²) in [6.07, 6.45) is -3.79. The zero-order valence-electron chi connectivity index (χ0n) is 17.4. The van der Waals surface area contributed by atoms with Crippen molar-refractivity contribution in [2.75, 3.05) is 11.9 Å². The van der Waals surface area contributed by atoms with Crippen molar-refractivity contribution in [1.29, 1.82) is 0 Å². The molecule has 0 saturated carbocycles. The van der Waals surface area contributed by atoms with Gasteiger partial charge in [0.25, 0.3) is 0 Å². The number of aromatic carboxylic acids is 1. The van der Waals surface area contributed by atoms with Gasteiger partial charge in [0.05, 0.1) is 16.3 Å². The van der Waals surface area contributed by atoms with Crippen molar-refractivity contribution in [3.05, 3.63) is 64.7 Å². The van der Waals surface area contributed by atoms with Crippen LogP contribution >= 0.6 is 11.6 Å². The summed E-state index contributed by atoms with van der Waals surface area (Å²) in [6, 6.07) is 11.6. The van der Waals surface area contributed by atoms with E-state index in [0.29, 0.717) is 11.1 Å². The molecule has 8 nitrogen and oxygen atoms in total. The van der Waals surface area contributed by atoms with Crippen LogP contribution in [0.5, 0.6) is 17.2 Å². The van der Waals surface area contributed by atoms with E-state index in [1.807, 2.05) is 0 Å². The number of halogens is 3. The molecule has 0 fully saturated rings.